The number of rotatable bonds is 5. The molecule has 2 aliphatic carbocycles. The number of hydrogen-bond donors (Lipinski definition) is 0. The molecule has 0 aromatic rings. The van der Waals surface area contributed by atoms with Crippen molar-refractivity contribution in [2.24, 2.45) is 0 Å². The average Bonchev–Trinajstić information content (AvgIpc) is 2.86. The van der Waals surface area contributed by atoms with E-state index in [1.54, 1.807) is 0 Å². The largest absolute Gasteiger partial charge is 2.00 e. The molecule has 15 heavy (non-hydrogen) atoms. The van der Waals surface area contributed by atoms with Gasteiger partial charge in [0.15, 0.2) is 0 Å². The quantitative estimate of drug-likeness (QED) is 0.510. The molecule has 10 radical (unpaired) electrons. The van der Waals surface area contributed by atoms with Gasteiger partial charge in [-0.3, -0.25) is 0 Å². The van der Waals surface area contributed by atoms with E-state index in [0.717, 1.165) is 0 Å². The SMILES string of the molecule is [CH]1[CH][CH][C](CCCC[C]2[CH][CH][CH][CH]2)[CH]1.[Fe+2]. The van der Waals surface area contributed by atoms with Crippen molar-refractivity contribution in [1.82, 2.24) is 0 Å². The van der Waals surface area contributed by atoms with Gasteiger partial charge < -0.3 is 0 Å². The van der Waals surface area contributed by atoms with Gasteiger partial charge in [-0.15, -0.1) is 0 Å². The van der Waals surface area contributed by atoms with Crippen LogP contribution in [0, 0.1) is 63.2 Å². The summed E-state index contributed by atoms with van der Waals surface area (Å²) in [4.78, 5) is 0. The van der Waals surface area contributed by atoms with Gasteiger partial charge in [0.05, 0.1) is 0 Å². The summed E-state index contributed by atoms with van der Waals surface area (Å²) in [6.07, 6.45) is 22.4. The standard InChI is InChI=1S/C14H16.Fe/c1-2-8-13(7-1)11-5-6-12-14-9-3-4-10-14;/h1-4,7-10H,5-6,11-12H2;/q;+2. The van der Waals surface area contributed by atoms with Crippen LogP contribution in [-0.4, -0.2) is 0 Å². The van der Waals surface area contributed by atoms with Gasteiger partial charge in [-0.25, -0.2) is 0 Å². The second kappa shape index (κ2) is 7.74. The molecule has 0 aromatic carbocycles. The van der Waals surface area contributed by atoms with Crippen molar-refractivity contribution < 1.29 is 17.1 Å². The van der Waals surface area contributed by atoms with Crippen molar-refractivity contribution in [3.05, 3.63) is 63.2 Å². The zero-order valence-electron chi connectivity index (χ0n) is 8.80. The normalized spacial score (nSPS) is 23.2. The topological polar surface area (TPSA) is 0 Å². The first-order valence-electron chi connectivity index (χ1n) is 5.36. The van der Waals surface area contributed by atoms with Crippen LogP contribution in [0.3, 0.4) is 0 Å². The van der Waals surface area contributed by atoms with E-state index in [1.807, 2.05) is 0 Å². The first-order valence-corrected chi connectivity index (χ1v) is 5.36. The van der Waals surface area contributed by atoms with Crippen LogP contribution < -0.4 is 0 Å². The fourth-order valence-electron chi connectivity index (χ4n) is 1.82. The van der Waals surface area contributed by atoms with E-state index < -0.39 is 0 Å². The van der Waals surface area contributed by atoms with E-state index in [1.165, 1.54) is 37.5 Å². The van der Waals surface area contributed by atoms with E-state index >= 15 is 0 Å². The van der Waals surface area contributed by atoms with Crippen LogP contribution in [0.25, 0.3) is 0 Å². The molecule has 1 heteroatoms. The third kappa shape index (κ3) is 4.91. The van der Waals surface area contributed by atoms with E-state index in [-0.39, 0.29) is 17.1 Å². The summed E-state index contributed by atoms with van der Waals surface area (Å²) < 4.78 is 0. The van der Waals surface area contributed by atoms with Gasteiger partial charge in [0.25, 0.3) is 0 Å². The molecular weight excluding hydrogens is 224 g/mol. The molecule has 78 valence electrons. The molecule has 2 aliphatic rings. The Morgan fingerprint density at radius 3 is 1.27 bits per heavy atom. The van der Waals surface area contributed by atoms with Gasteiger partial charge in [0.2, 0.25) is 0 Å². The molecule has 0 spiro atoms. The first kappa shape index (κ1) is 13.6. The molecule has 0 aromatic heterocycles. The molecule has 2 fully saturated rings. The smallest absolute Gasteiger partial charge is 0.0527 e. The minimum Gasteiger partial charge on any atom is -0.0527 e. The van der Waals surface area contributed by atoms with Gasteiger partial charge >= 0.3 is 17.1 Å². The molecule has 2 rings (SSSR count). The summed E-state index contributed by atoms with van der Waals surface area (Å²) in [6, 6.07) is 0. The van der Waals surface area contributed by atoms with Crippen LogP contribution in [0.5, 0.6) is 0 Å². The molecule has 0 unspecified atom stereocenters. The average molecular weight is 240 g/mol. The Kier molecular flexibility index (Phi) is 7.01. The zero-order valence-corrected chi connectivity index (χ0v) is 9.90. The maximum Gasteiger partial charge on any atom is 2.00 e. The number of unbranched alkanes of at least 4 members (excludes halogenated alkanes) is 1. The minimum atomic E-state index is 0. The van der Waals surface area contributed by atoms with Gasteiger partial charge in [0.1, 0.15) is 0 Å². The van der Waals surface area contributed by atoms with E-state index in [2.05, 4.69) is 51.4 Å². The second-order valence-corrected chi connectivity index (χ2v) is 3.79. The monoisotopic (exact) mass is 240 g/mol. The Bertz CT molecular complexity index is 125. The van der Waals surface area contributed by atoms with Gasteiger partial charge in [-0.2, -0.15) is 0 Å². The van der Waals surface area contributed by atoms with Gasteiger partial charge in [-0.1, -0.05) is 12.8 Å². The van der Waals surface area contributed by atoms with Crippen LogP contribution in [-0.2, 0) is 17.1 Å². The molecule has 2 saturated carbocycles. The molecule has 0 nitrogen and oxygen atoms in total. The molecule has 0 heterocycles. The van der Waals surface area contributed by atoms with Crippen LogP contribution in [0.15, 0.2) is 0 Å². The van der Waals surface area contributed by atoms with Crippen LogP contribution in [0.2, 0.25) is 0 Å². The summed E-state index contributed by atoms with van der Waals surface area (Å²) in [5.41, 5.74) is 0. The first-order chi connectivity index (χ1) is 6.95. The summed E-state index contributed by atoms with van der Waals surface area (Å²) in [6.45, 7) is 0. The summed E-state index contributed by atoms with van der Waals surface area (Å²) >= 11 is 0. The predicted molar refractivity (Wildman–Crippen MR) is 59.4 cm³/mol. The molecule has 0 N–H and O–H groups in total. The third-order valence-corrected chi connectivity index (χ3v) is 2.64. The van der Waals surface area contributed by atoms with Crippen molar-refractivity contribution in [3.63, 3.8) is 0 Å². The Morgan fingerprint density at radius 2 is 0.933 bits per heavy atom. The third-order valence-electron chi connectivity index (χ3n) is 2.64. The van der Waals surface area contributed by atoms with Crippen molar-refractivity contribution >= 4 is 0 Å². The Morgan fingerprint density at radius 1 is 0.600 bits per heavy atom. The molecule has 0 aliphatic heterocycles. The molecular formula is C14H16Fe+2. The van der Waals surface area contributed by atoms with E-state index in [4.69, 9.17) is 0 Å². The van der Waals surface area contributed by atoms with Crippen molar-refractivity contribution in [3.8, 4) is 0 Å². The summed E-state index contributed by atoms with van der Waals surface area (Å²) in [5, 5.41) is 0. The molecule has 0 atom stereocenters. The fourth-order valence-corrected chi connectivity index (χ4v) is 1.82. The summed E-state index contributed by atoms with van der Waals surface area (Å²) in [5.74, 6) is 2.96. The predicted octanol–water partition coefficient (Wildman–Crippen LogP) is 3.35. The fraction of sp³-hybridized carbons (Fsp3) is 0.286. The molecule has 0 bridgehead atoms. The minimum absolute atomic E-state index is 0. The molecule has 0 amide bonds. The van der Waals surface area contributed by atoms with Gasteiger partial charge in [-0.05, 0) is 76.0 Å². The Labute approximate surface area is 106 Å². The van der Waals surface area contributed by atoms with Crippen molar-refractivity contribution in [2.75, 3.05) is 0 Å². The number of hydrogen-bond acceptors (Lipinski definition) is 0. The van der Waals surface area contributed by atoms with Gasteiger partial charge in [0, 0.05) is 0 Å². The Hall–Kier alpha value is 0.519. The molecule has 0 saturated heterocycles. The van der Waals surface area contributed by atoms with E-state index in [0.29, 0.717) is 0 Å². The van der Waals surface area contributed by atoms with Crippen LogP contribution in [0.4, 0.5) is 0 Å². The maximum absolute atomic E-state index is 2.21. The zero-order chi connectivity index (χ0) is 9.64. The van der Waals surface area contributed by atoms with E-state index in [9.17, 15) is 0 Å². The van der Waals surface area contributed by atoms with Crippen molar-refractivity contribution in [2.45, 2.75) is 25.7 Å². The maximum atomic E-state index is 2.21. The summed E-state index contributed by atoms with van der Waals surface area (Å²) in [7, 11) is 0. The second-order valence-electron chi connectivity index (χ2n) is 3.79. The van der Waals surface area contributed by atoms with Crippen molar-refractivity contribution in [1.29, 1.82) is 0 Å². The van der Waals surface area contributed by atoms with Crippen LogP contribution >= 0.6 is 0 Å². The Balaban J connectivity index is 0.00000112. The van der Waals surface area contributed by atoms with Crippen LogP contribution in [0.1, 0.15) is 25.7 Å².